The molecule has 1 nitrogen and oxygen atoms in total. The van der Waals surface area contributed by atoms with E-state index in [1.807, 2.05) is 13.8 Å². The van der Waals surface area contributed by atoms with Crippen molar-refractivity contribution in [2.75, 3.05) is 12.3 Å². The summed E-state index contributed by atoms with van der Waals surface area (Å²) in [5, 5.41) is 3.28. The van der Waals surface area contributed by atoms with Crippen molar-refractivity contribution in [2.24, 2.45) is 5.41 Å². The van der Waals surface area contributed by atoms with E-state index in [2.05, 4.69) is 19.2 Å². The van der Waals surface area contributed by atoms with Crippen LogP contribution in [-0.4, -0.2) is 23.8 Å². The van der Waals surface area contributed by atoms with E-state index in [-0.39, 0.29) is 22.9 Å². The van der Waals surface area contributed by atoms with Crippen molar-refractivity contribution < 1.29 is 13.2 Å². The van der Waals surface area contributed by atoms with E-state index in [4.69, 9.17) is 0 Å². The van der Waals surface area contributed by atoms with Crippen molar-refractivity contribution >= 4 is 11.8 Å². The summed E-state index contributed by atoms with van der Waals surface area (Å²) in [5.41, 5.74) is -4.12. The topological polar surface area (TPSA) is 12.0 Å². The second-order valence-corrected chi connectivity index (χ2v) is 6.23. The zero-order valence-corrected chi connectivity index (χ0v) is 11.3. The molecule has 0 aromatic carbocycles. The molecule has 0 aromatic rings. The van der Waals surface area contributed by atoms with Crippen LogP contribution in [0.15, 0.2) is 0 Å². The molecule has 5 heteroatoms. The highest BCUT2D eigenvalue weighted by atomic mass is 32.2. The van der Waals surface area contributed by atoms with E-state index in [1.54, 1.807) is 0 Å². The van der Waals surface area contributed by atoms with Crippen molar-refractivity contribution in [2.45, 2.75) is 52.1 Å². The molecule has 0 unspecified atom stereocenters. The molecule has 98 valence electrons. The third kappa shape index (κ3) is 10.6. The highest BCUT2D eigenvalue weighted by molar-refractivity contribution is 8.00. The minimum Gasteiger partial charge on any atom is -0.315 e. The van der Waals surface area contributed by atoms with E-state index in [9.17, 15) is 13.2 Å². The second-order valence-electron chi connectivity index (χ2n) is 5.07. The Bertz CT molecular complexity index is 190. The van der Waals surface area contributed by atoms with Gasteiger partial charge in [0, 0.05) is 11.8 Å². The number of halogens is 3. The Morgan fingerprint density at radius 2 is 1.69 bits per heavy atom. The van der Waals surface area contributed by atoms with E-state index in [0.717, 1.165) is 13.0 Å². The molecule has 0 saturated carbocycles. The molecule has 0 rings (SSSR count). The van der Waals surface area contributed by atoms with Gasteiger partial charge < -0.3 is 5.32 Å². The van der Waals surface area contributed by atoms with Gasteiger partial charge in [0.25, 0.3) is 0 Å². The van der Waals surface area contributed by atoms with Gasteiger partial charge in [-0.25, -0.2) is 0 Å². The third-order valence-electron chi connectivity index (χ3n) is 2.40. The Balaban J connectivity index is 3.70. The van der Waals surface area contributed by atoms with Crippen LogP contribution in [0, 0.1) is 5.41 Å². The Kier molecular flexibility index (Phi) is 6.79. The van der Waals surface area contributed by atoms with Crippen LogP contribution in [-0.2, 0) is 0 Å². The van der Waals surface area contributed by atoms with Crippen LogP contribution in [0.3, 0.4) is 0 Å². The summed E-state index contributed by atoms with van der Waals surface area (Å²) in [5.74, 6) is 0.151. The molecule has 1 N–H and O–H groups in total. The predicted molar refractivity (Wildman–Crippen MR) is 64.7 cm³/mol. The number of hydrogen-bond acceptors (Lipinski definition) is 2. The first-order chi connectivity index (χ1) is 7.12. The number of hydrogen-bond donors (Lipinski definition) is 1. The van der Waals surface area contributed by atoms with Gasteiger partial charge in [0.2, 0.25) is 0 Å². The molecule has 0 radical (unpaired) electrons. The first kappa shape index (κ1) is 16.1. The Hall–Kier alpha value is 0.100. The van der Waals surface area contributed by atoms with Gasteiger partial charge in [-0.05, 0) is 24.8 Å². The molecule has 0 amide bonds. The largest absolute Gasteiger partial charge is 0.441 e. The summed E-state index contributed by atoms with van der Waals surface area (Å²) in [6.07, 6.45) is 1.50. The van der Waals surface area contributed by atoms with E-state index in [0.29, 0.717) is 12.5 Å². The molecular weight excluding hydrogens is 235 g/mol. The van der Waals surface area contributed by atoms with Gasteiger partial charge >= 0.3 is 5.51 Å². The smallest absolute Gasteiger partial charge is 0.315 e. The zero-order valence-electron chi connectivity index (χ0n) is 10.4. The van der Waals surface area contributed by atoms with Gasteiger partial charge in [0.1, 0.15) is 0 Å². The summed E-state index contributed by atoms with van der Waals surface area (Å²) < 4.78 is 35.8. The van der Waals surface area contributed by atoms with Gasteiger partial charge in [0.15, 0.2) is 0 Å². The fourth-order valence-electron chi connectivity index (χ4n) is 1.27. The zero-order chi connectivity index (χ0) is 12.8. The maximum absolute atomic E-state index is 11.9. The molecule has 0 aliphatic heterocycles. The van der Waals surface area contributed by atoms with Crippen LogP contribution in [0.4, 0.5) is 13.2 Å². The Morgan fingerprint density at radius 3 is 2.12 bits per heavy atom. The quantitative estimate of drug-likeness (QED) is 0.738. The minimum absolute atomic E-state index is 0.0276. The van der Waals surface area contributed by atoms with Crippen LogP contribution in [0.1, 0.15) is 40.5 Å². The summed E-state index contributed by atoms with van der Waals surface area (Å²) in [6.45, 7) is 9.03. The lowest BCUT2D eigenvalue weighted by atomic mass is 9.86. The van der Waals surface area contributed by atoms with Crippen LogP contribution in [0.25, 0.3) is 0 Å². The average Bonchev–Trinajstić information content (AvgIpc) is 1.99. The minimum atomic E-state index is -4.09. The Morgan fingerprint density at radius 1 is 1.12 bits per heavy atom. The van der Waals surface area contributed by atoms with Crippen molar-refractivity contribution in [3.63, 3.8) is 0 Å². The van der Waals surface area contributed by atoms with Gasteiger partial charge in [0.05, 0.1) is 0 Å². The lowest BCUT2D eigenvalue weighted by molar-refractivity contribution is -0.0328. The van der Waals surface area contributed by atoms with E-state index < -0.39 is 5.51 Å². The average molecular weight is 257 g/mol. The van der Waals surface area contributed by atoms with E-state index >= 15 is 0 Å². The molecule has 0 heterocycles. The molecule has 0 spiro atoms. The number of thioether (sulfide) groups is 1. The number of rotatable bonds is 7. The summed E-state index contributed by atoms with van der Waals surface area (Å²) in [6, 6.07) is 0.431. The third-order valence-corrected chi connectivity index (χ3v) is 3.13. The second kappa shape index (κ2) is 6.74. The van der Waals surface area contributed by atoms with Crippen LogP contribution >= 0.6 is 11.8 Å². The fraction of sp³-hybridized carbons (Fsp3) is 1.00. The predicted octanol–water partition coefficient (Wildman–Crippen LogP) is 4.04. The maximum Gasteiger partial charge on any atom is 0.441 e. The molecule has 0 fully saturated rings. The van der Waals surface area contributed by atoms with Crippen LogP contribution in [0.5, 0.6) is 0 Å². The highest BCUT2D eigenvalue weighted by Gasteiger charge is 2.29. The van der Waals surface area contributed by atoms with Gasteiger partial charge in [-0.2, -0.15) is 13.2 Å². The monoisotopic (exact) mass is 257 g/mol. The lowest BCUT2D eigenvalue weighted by Gasteiger charge is -2.25. The standard InChI is InChI=1S/C11H22F3NS/c1-9(2)15-7-5-10(3,4)6-8-16-11(12,13)14/h9,15H,5-8H2,1-4H3. The summed E-state index contributed by atoms with van der Waals surface area (Å²) >= 11 is 0.0798. The van der Waals surface area contributed by atoms with Gasteiger partial charge in [-0.3, -0.25) is 0 Å². The maximum atomic E-state index is 11.9. The number of alkyl halides is 3. The van der Waals surface area contributed by atoms with Crippen molar-refractivity contribution in [1.29, 1.82) is 0 Å². The van der Waals surface area contributed by atoms with Crippen LogP contribution < -0.4 is 5.32 Å². The SMILES string of the molecule is CC(C)NCCC(C)(C)CCSC(F)(F)F. The molecule has 0 aliphatic carbocycles. The van der Waals surface area contributed by atoms with Crippen LogP contribution in [0.2, 0.25) is 0 Å². The summed E-state index contributed by atoms with van der Waals surface area (Å²) in [4.78, 5) is 0. The molecular formula is C11H22F3NS. The first-order valence-corrected chi connectivity index (χ1v) is 6.55. The molecule has 0 saturated heterocycles. The molecule has 0 bridgehead atoms. The fourth-order valence-corrected chi connectivity index (χ4v) is 2.15. The normalized spacial score (nSPS) is 13.5. The van der Waals surface area contributed by atoms with Gasteiger partial charge in [-0.1, -0.05) is 39.5 Å². The highest BCUT2D eigenvalue weighted by Crippen LogP contribution is 2.34. The lowest BCUT2D eigenvalue weighted by Crippen LogP contribution is -2.28. The summed E-state index contributed by atoms with van der Waals surface area (Å²) in [7, 11) is 0. The van der Waals surface area contributed by atoms with Crippen molar-refractivity contribution in [3.05, 3.63) is 0 Å². The molecule has 0 aliphatic rings. The first-order valence-electron chi connectivity index (χ1n) is 5.56. The van der Waals surface area contributed by atoms with Crippen molar-refractivity contribution in [3.8, 4) is 0 Å². The molecule has 16 heavy (non-hydrogen) atoms. The Labute approximate surface area is 101 Å². The van der Waals surface area contributed by atoms with E-state index in [1.165, 1.54) is 0 Å². The molecule has 0 atom stereocenters. The van der Waals surface area contributed by atoms with Crippen molar-refractivity contribution in [1.82, 2.24) is 5.32 Å². The molecule has 0 aromatic heterocycles. The number of nitrogens with one attached hydrogen (secondary N) is 1. The van der Waals surface area contributed by atoms with Gasteiger partial charge in [-0.15, -0.1) is 0 Å².